The highest BCUT2D eigenvalue weighted by molar-refractivity contribution is 5.82. The van der Waals surface area contributed by atoms with E-state index in [9.17, 15) is 14.4 Å². The van der Waals surface area contributed by atoms with Crippen LogP contribution in [0.4, 0.5) is 4.79 Å². The third-order valence-electron chi connectivity index (χ3n) is 1.56. The normalized spacial score (nSPS) is 11.6. The number of aliphatic carboxylic acids is 1. The average molecular weight is 249 g/mol. The number of hydrogen-bond donors (Lipinski definition) is 5. The first kappa shape index (κ1) is 15.1. The van der Waals surface area contributed by atoms with E-state index in [-0.39, 0.29) is 19.8 Å². The van der Waals surface area contributed by atoms with E-state index >= 15 is 0 Å². The van der Waals surface area contributed by atoms with Crippen LogP contribution in [0.15, 0.2) is 0 Å². The van der Waals surface area contributed by atoms with Crippen LogP contribution in [0.5, 0.6) is 0 Å². The predicted molar refractivity (Wildman–Crippen MR) is 55.1 cm³/mol. The molecule has 1 atom stereocenters. The molecular formula is C8H15N3O6. The lowest BCUT2D eigenvalue weighted by molar-refractivity contribution is -0.140. The van der Waals surface area contributed by atoms with Crippen LogP contribution in [-0.4, -0.2) is 60.5 Å². The number of aliphatic hydroxyl groups is 1. The molecule has 0 rings (SSSR count). The molecule has 17 heavy (non-hydrogen) atoms. The van der Waals surface area contributed by atoms with Gasteiger partial charge in [-0.05, 0) is 0 Å². The summed E-state index contributed by atoms with van der Waals surface area (Å²) >= 11 is 0. The molecule has 0 saturated carbocycles. The number of carbonyl (C=O) groups excluding carboxylic acids is 2. The van der Waals surface area contributed by atoms with E-state index in [0.717, 1.165) is 0 Å². The van der Waals surface area contributed by atoms with Crippen molar-refractivity contribution in [2.45, 2.75) is 6.04 Å². The summed E-state index contributed by atoms with van der Waals surface area (Å²) in [6.07, 6.45) is 0. The lowest BCUT2D eigenvalue weighted by Gasteiger charge is -2.12. The number of carbonyl (C=O) groups is 3. The van der Waals surface area contributed by atoms with E-state index < -0.39 is 30.6 Å². The van der Waals surface area contributed by atoms with Crippen molar-refractivity contribution in [3.05, 3.63) is 0 Å². The van der Waals surface area contributed by atoms with Crippen molar-refractivity contribution in [2.24, 2.45) is 5.73 Å². The van der Waals surface area contributed by atoms with Crippen molar-refractivity contribution in [3.8, 4) is 0 Å². The number of nitrogens with one attached hydrogen (secondary N) is 2. The molecular weight excluding hydrogens is 234 g/mol. The maximum absolute atomic E-state index is 11.1. The molecule has 0 spiro atoms. The number of aliphatic hydroxyl groups excluding tert-OH is 1. The number of urea groups is 1. The van der Waals surface area contributed by atoms with Gasteiger partial charge in [-0.1, -0.05) is 0 Å². The second-order valence-electron chi connectivity index (χ2n) is 2.99. The Morgan fingerprint density at radius 2 is 2.00 bits per heavy atom. The van der Waals surface area contributed by atoms with Gasteiger partial charge in [0.1, 0.15) is 6.61 Å². The maximum atomic E-state index is 11.1. The molecule has 0 aliphatic rings. The van der Waals surface area contributed by atoms with Gasteiger partial charge in [-0.25, -0.2) is 9.59 Å². The molecule has 0 unspecified atom stereocenters. The third-order valence-corrected chi connectivity index (χ3v) is 1.56. The Labute approximate surface area is 96.9 Å². The Morgan fingerprint density at radius 3 is 2.47 bits per heavy atom. The van der Waals surface area contributed by atoms with Crippen LogP contribution in [-0.2, 0) is 14.3 Å². The molecule has 9 heteroatoms. The van der Waals surface area contributed by atoms with E-state index in [1.54, 1.807) is 0 Å². The number of rotatable bonds is 8. The third kappa shape index (κ3) is 7.99. The van der Waals surface area contributed by atoms with Gasteiger partial charge in [0.05, 0.1) is 13.2 Å². The van der Waals surface area contributed by atoms with Crippen LogP contribution >= 0.6 is 0 Å². The zero-order valence-electron chi connectivity index (χ0n) is 9.01. The zero-order chi connectivity index (χ0) is 13.3. The molecule has 6 N–H and O–H groups in total. The summed E-state index contributed by atoms with van der Waals surface area (Å²) in [5, 5.41) is 21.4. The van der Waals surface area contributed by atoms with Crippen molar-refractivity contribution < 1.29 is 29.3 Å². The summed E-state index contributed by atoms with van der Waals surface area (Å²) in [6.45, 7) is -0.817. The molecule has 0 bridgehead atoms. The van der Waals surface area contributed by atoms with E-state index in [1.165, 1.54) is 0 Å². The molecule has 0 aromatic heterocycles. The lowest BCUT2D eigenvalue weighted by Crippen LogP contribution is -2.48. The molecule has 0 fully saturated rings. The summed E-state index contributed by atoms with van der Waals surface area (Å²) < 4.78 is 4.74. The monoisotopic (exact) mass is 249 g/mol. The summed E-state index contributed by atoms with van der Waals surface area (Å²) in [4.78, 5) is 31.8. The highest BCUT2D eigenvalue weighted by atomic mass is 16.5. The zero-order valence-corrected chi connectivity index (χ0v) is 9.01. The first-order valence-corrected chi connectivity index (χ1v) is 4.71. The summed E-state index contributed by atoms with van der Waals surface area (Å²) in [6, 6.07) is -2.12. The summed E-state index contributed by atoms with van der Waals surface area (Å²) in [5.74, 6) is -1.96. The molecule has 0 saturated heterocycles. The predicted octanol–water partition coefficient (Wildman–Crippen LogP) is -2.77. The van der Waals surface area contributed by atoms with Crippen LogP contribution in [0.2, 0.25) is 0 Å². The Bertz CT molecular complexity index is 282. The Balaban J connectivity index is 3.65. The van der Waals surface area contributed by atoms with Gasteiger partial charge in [0.2, 0.25) is 5.91 Å². The number of amides is 3. The minimum atomic E-state index is -1.36. The lowest BCUT2D eigenvalue weighted by atomic mass is 10.3. The molecule has 98 valence electrons. The van der Waals surface area contributed by atoms with E-state index in [0.29, 0.717) is 0 Å². The van der Waals surface area contributed by atoms with Gasteiger partial charge >= 0.3 is 12.0 Å². The molecule has 0 heterocycles. The van der Waals surface area contributed by atoms with E-state index in [1.807, 2.05) is 5.32 Å². The number of hydrogen-bond acceptors (Lipinski definition) is 5. The topological polar surface area (TPSA) is 151 Å². The SMILES string of the molecule is NC(=O)COCCNC(=O)N[C@@H](CO)C(=O)O. The molecule has 0 aromatic rings. The number of nitrogens with two attached hydrogens (primary N) is 1. The van der Waals surface area contributed by atoms with Gasteiger partial charge in [0.25, 0.3) is 0 Å². The Morgan fingerprint density at radius 1 is 1.35 bits per heavy atom. The number of ether oxygens (including phenoxy) is 1. The van der Waals surface area contributed by atoms with Crippen molar-refractivity contribution >= 4 is 17.9 Å². The standard InChI is InChI=1S/C8H15N3O6/c9-6(13)4-17-2-1-10-8(16)11-5(3-12)7(14)15/h5,12H,1-4H2,(H2,9,13)(H,14,15)(H2,10,11,16)/t5-/m0/s1. The number of primary amides is 1. The highest BCUT2D eigenvalue weighted by Gasteiger charge is 2.17. The minimum absolute atomic E-state index is 0.0627. The fraction of sp³-hybridized carbons (Fsp3) is 0.625. The summed E-state index contributed by atoms with van der Waals surface area (Å²) in [5.41, 5.74) is 4.80. The average Bonchev–Trinajstić information content (AvgIpc) is 2.24. The van der Waals surface area contributed by atoms with Crippen LogP contribution in [0, 0.1) is 0 Å². The first-order valence-electron chi connectivity index (χ1n) is 4.71. The number of carboxylic acids is 1. The molecule has 9 nitrogen and oxygen atoms in total. The second kappa shape index (κ2) is 8.30. The fourth-order valence-corrected chi connectivity index (χ4v) is 0.804. The second-order valence-corrected chi connectivity index (χ2v) is 2.99. The van der Waals surface area contributed by atoms with Gasteiger partial charge in [0, 0.05) is 6.54 Å². The summed E-state index contributed by atoms with van der Waals surface area (Å²) in [7, 11) is 0. The minimum Gasteiger partial charge on any atom is -0.480 e. The fourth-order valence-electron chi connectivity index (χ4n) is 0.804. The largest absolute Gasteiger partial charge is 0.480 e. The molecule has 0 aromatic carbocycles. The van der Waals surface area contributed by atoms with Crippen molar-refractivity contribution in [1.82, 2.24) is 10.6 Å². The van der Waals surface area contributed by atoms with E-state index in [4.69, 9.17) is 20.7 Å². The molecule has 0 radical (unpaired) electrons. The molecule has 3 amide bonds. The Hall–Kier alpha value is -1.87. The van der Waals surface area contributed by atoms with Crippen LogP contribution in [0.25, 0.3) is 0 Å². The van der Waals surface area contributed by atoms with Crippen LogP contribution in [0.3, 0.4) is 0 Å². The first-order chi connectivity index (χ1) is 7.97. The van der Waals surface area contributed by atoms with Crippen molar-refractivity contribution in [2.75, 3.05) is 26.4 Å². The van der Waals surface area contributed by atoms with Crippen molar-refractivity contribution in [1.29, 1.82) is 0 Å². The molecule has 0 aliphatic heterocycles. The smallest absolute Gasteiger partial charge is 0.328 e. The van der Waals surface area contributed by atoms with Crippen LogP contribution < -0.4 is 16.4 Å². The molecule has 0 aliphatic carbocycles. The van der Waals surface area contributed by atoms with Crippen LogP contribution in [0.1, 0.15) is 0 Å². The Kier molecular flexibility index (Phi) is 7.39. The highest BCUT2D eigenvalue weighted by Crippen LogP contribution is 1.82. The van der Waals surface area contributed by atoms with Gasteiger partial charge in [-0.2, -0.15) is 0 Å². The van der Waals surface area contributed by atoms with Gasteiger partial charge in [-0.15, -0.1) is 0 Å². The van der Waals surface area contributed by atoms with Gasteiger partial charge < -0.3 is 31.3 Å². The van der Waals surface area contributed by atoms with Gasteiger partial charge in [-0.3, -0.25) is 4.79 Å². The van der Waals surface area contributed by atoms with E-state index in [2.05, 4.69) is 5.32 Å². The maximum Gasteiger partial charge on any atom is 0.328 e. The van der Waals surface area contributed by atoms with Gasteiger partial charge in [0.15, 0.2) is 6.04 Å². The van der Waals surface area contributed by atoms with Crippen molar-refractivity contribution in [3.63, 3.8) is 0 Å². The quantitative estimate of drug-likeness (QED) is 0.294. The number of carboxylic acid groups (broad SMARTS) is 1.